The quantitative estimate of drug-likeness (QED) is 0.664. The molecule has 0 aliphatic carbocycles. The van der Waals surface area contributed by atoms with Gasteiger partial charge in [-0.05, 0) is 0 Å². The first kappa shape index (κ1) is 11.2. The summed E-state index contributed by atoms with van der Waals surface area (Å²) in [6.07, 6.45) is 0. The molecule has 0 spiro atoms. The Hall–Kier alpha value is 1.40. The topological polar surface area (TPSA) is 26.3 Å². The Balaban J connectivity index is 0. The van der Waals surface area contributed by atoms with Crippen molar-refractivity contribution in [2.75, 3.05) is 5.88 Å². The Morgan fingerprint density at radius 1 is 1.71 bits per heavy atom. The number of halogens is 2. The zero-order valence-corrected chi connectivity index (χ0v) is 8.00. The van der Waals surface area contributed by atoms with Crippen LogP contribution in [0, 0.1) is 40.8 Å². The molecule has 5 heteroatoms. The number of carbonyl (C=O) groups excluding carboxylic acids is 1. The first-order chi connectivity index (χ1) is 2.81. The van der Waals surface area contributed by atoms with Crippen molar-refractivity contribution in [3.63, 3.8) is 0 Å². The average molecular weight is 273 g/mol. The number of rotatable bonds is 1. The van der Waals surface area contributed by atoms with Crippen molar-refractivity contribution >= 4 is 29.4 Å². The van der Waals surface area contributed by atoms with Crippen LogP contribution >= 0.6 is 23.5 Å². The first-order valence-electron chi connectivity index (χ1n) is 1.18. The second-order valence-electron chi connectivity index (χ2n) is 0.583. The van der Waals surface area contributed by atoms with Gasteiger partial charge in [-0.2, -0.15) is 0 Å². The van der Waals surface area contributed by atoms with E-state index in [0.29, 0.717) is 0 Å². The fourth-order valence-electron chi connectivity index (χ4n) is 0.0206. The van der Waals surface area contributed by atoms with E-state index >= 15 is 0 Å². The van der Waals surface area contributed by atoms with Crippen molar-refractivity contribution < 1.29 is 49.9 Å². The van der Waals surface area contributed by atoms with Crippen LogP contribution in [0.3, 0.4) is 0 Å². The monoisotopic (exact) mass is 270 g/mol. The minimum Gasteiger partial charge on any atom is -0.346 e. The standard InChI is InChI=1S/C2H2Cl2O2.Nd/c3-1-2(5)6-4;/h1H2;. The first-order valence-corrected chi connectivity index (χ1v) is 2.03. The molecule has 0 bridgehead atoms. The fraction of sp³-hybridized carbons (Fsp3) is 0.500. The van der Waals surface area contributed by atoms with Gasteiger partial charge in [0.2, 0.25) is 0 Å². The third-order valence-electron chi connectivity index (χ3n) is 0.195. The predicted molar refractivity (Wildman–Crippen MR) is 22.7 cm³/mol. The fourth-order valence-corrected chi connectivity index (χ4v) is 0.186. The Labute approximate surface area is 84.2 Å². The summed E-state index contributed by atoms with van der Waals surface area (Å²) in [5, 5.41) is 0. The number of hydrogen-bond donors (Lipinski definition) is 0. The van der Waals surface area contributed by atoms with Gasteiger partial charge in [0.15, 0.2) is 0 Å². The van der Waals surface area contributed by atoms with Gasteiger partial charge >= 0.3 is 5.97 Å². The largest absolute Gasteiger partial charge is 0.346 e. The van der Waals surface area contributed by atoms with Gasteiger partial charge in [-0.15, -0.1) is 11.6 Å². The average Bonchev–Trinajstić information content (AvgIpc) is 1.65. The summed E-state index contributed by atoms with van der Waals surface area (Å²) in [6, 6.07) is 0. The van der Waals surface area contributed by atoms with E-state index in [2.05, 4.69) is 16.2 Å². The molecule has 0 amide bonds. The molecule has 0 saturated heterocycles. The molecule has 40 valence electrons. The summed E-state index contributed by atoms with van der Waals surface area (Å²) in [5.41, 5.74) is 0. The van der Waals surface area contributed by atoms with E-state index < -0.39 is 5.97 Å². The molecule has 0 aliphatic heterocycles. The van der Waals surface area contributed by atoms with Gasteiger partial charge in [0, 0.05) is 40.8 Å². The molecule has 0 aromatic carbocycles. The molecule has 0 aromatic rings. The maximum absolute atomic E-state index is 9.69. The SMILES string of the molecule is O=C(CCl)OCl.[Nd]. The van der Waals surface area contributed by atoms with Crippen molar-refractivity contribution in [1.82, 2.24) is 0 Å². The zero-order chi connectivity index (χ0) is 4.99. The molecular weight excluding hydrogens is 271 g/mol. The molecule has 0 N–H and O–H groups in total. The van der Waals surface area contributed by atoms with Crippen LogP contribution in [0.25, 0.3) is 0 Å². The molecule has 0 heterocycles. The Kier molecular flexibility index (Phi) is 11.9. The van der Waals surface area contributed by atoms with Gasteiger partial charge in [0.1, 0.15) is 17.7 Å². The van der Waals surface area contributed by atoms with Crippen LogP contribution in [-0.4, -0.2) is 11.8 Å². The van der Waals surface area contributed by atoms with Gasteiger partial charge in [-0.1, -0.05) is 0 Å². The summed E-state index contributed by atoms with van der Waals surface area (Å²) >= 11 is 9.41. The molecular formula is C2H2Cl2NdO2. The summed E-state index contributed by atoms with van der Waals surface area (Å²) in [6.45, 7) is 0. The second-order valence-corrected chi connectivity index (χ2v) is 1.00. The second kappa shape index (κ2) is 7.40. The maximum Gasteiger partial charge on any atom is 0.339 e. The number of alkyl halides is 1. The Bertz CT molecular complexity index is 51.7. The maximum atomic E-state index is 9.69. The molecule has 0 rings (SSSR count). The van der Waals surface area contributed by atoms with Crippen LogP contribution in [0.15, 0.2) is 0 Å². The molecule has 0 aliphatic rings. The summed E-state index contributed by atoms with van der Waals surface area (Å²) < 4.78 is 3.60. The van der Waals surface area contributed by atoms with Crippen molar-refractivity contribution in [1.29, 1.82) is 0 Å². The van der Waals surface area contributed by atoms with Crippen LogP contribution in [0.4, 0.5) is 0 Å². The molecule has 2 nitrogen and oxygen atoms in total. The van der Waals surface area contributed by atoms with E-state index in [1.54, 1.807) is 0 Å². The molecule has 0 radical (unpaired) electrons. The van der Waals surface area contributed by atoms with Crippen molar-refractivity contribution in [2.45, 2.75) is 0 Å². The third kappa shape index (κ3) is 7.40. The molecule has 0 atom stereocenters. The smallest absolute Gasteiger partial charge is 0.339 e. The summed E-state index contributed by atoms with van der Waals surface area (Å²) in [5.74, 6) is -0.818. The van der Waals surface area contributed by atoms with Gasteiger partial charge in [-0.25, -0.2) is 4.79 Å². The van der Waals surface area contributed by atoms with Gasteiger partial charge in [0.25, 0.3) is 0 Å². The summed E-state index contributed by atoms with van der Waals surface area (Å²) in [7, 11) is 0. The van der Waals surface area contributed by atoms with Crippen LogP contribution in [-0.2, 0) is 9.08 Å². The minimum absolute atomic E-state index is 0. The molecule has 0 fully saturated rings. The van der Waals surface area contributed by atoms with E-state index in [1.807, 2.05) is 0 Å². The minimum atomic E-state index is -0.627. The zero-order valence-electron chi connectivity index (χ0n) is 3.28. The Morgan fingerprint density at radius 3 is 2.14 bits per heavy atom. The molecule has 0 aromatic heterocycles. The van der Waals surface area contributed by atoms with Crippen molar-refractivity contribution in [2.24, 2.45) is 0 Å². The van der Waals surface area contributed by atoms with Gasteiger partial charge in [0.05, 0.1) is 0 Å². The van der Waals surface area contributed by atoms with E-state index in [0.717, 1.165) is 0 Å². The number of hydrogen-bond acceptors (Lipinski definition) is 2. The normalized spacial score (nSPS) is 6.57. The van der Waals surface area contributed by atoms with E-state index in [1.165, 1.54) is 0 Å². The van der Waals surface area contributed by atoms with Crippen LogP contribution in [0.1, 0.15) is 0 Å². The van der Waals surface area contributed by atoms with Crippen LogP contribution < -0.4 is 0 Å². The van der Waals surface area contributed by atoms with Crippen LogP contribution in [0.5, 0.6) is 0 Å². The Morgan fingerprint density at radius 2 is 2.14 bits per heavy atom. The van der Waals surface area contributed by atoms with E-state index in [-0.39, 0.29) is 46.7 Å². The van der Waals surface area contributed by atoms with Gasteiger partial charge in [-0.3, -0.25) is 0 Å². The molecule has 7 heavy (non-hydrogen) atoms. The van der Waals surface area contributed by atoms with Crippen LogP contribution in [0.2, 0.25) is 0 Å². The number of carbonyl (C=O) groups is 1. The van der Waals surface area contributed by atoms with Crippen molar-refractivity contribution in [3.05, 3.63) is 0 Å². The van der Waals surface area contributed by atoms with Gasteiger partial charge < -0.3 is 4.29 Å². The van der Waals surface area contributed by atoms with Crippen molar-refractivity contribution in [3.8, 4) is 0 Å². The molecule has 0 unspecified atom stereocenters. The molecule has 0 saturated carbocycles. The van der Waals surface area contributed by atoms with E-state index in [9.17, 15) is 4.79 Å². The van der Waals surface area contributed by atoms with E-state index in [4.69, 9.17) is 11.6 Å². The summed E-state index contributed by atoms with van der Waals surface area (Å²) in [4.78, 5) is 9.69. The third-order valence-corrected chi connectivity index (χ3v) is 0.585. The predicted octanol–water partition coefficient (Wildman–Crippen LogP) is 0.922.